The Morgan fingerprint density at radius 2 is 2.18 bits per heavy atom. The molecule has 17 heavy (non-hydrogen) atoms. The maximum atomic E-state index is 5.86. The van der Waals surface area contributed by atoms with Gasteiger partial charge in [-0.1, -0.05) is 30.9 Å². The van der Waals surface area contributed by atoms with Gasteiger partial charge in [0.2, 0.25) is 0 Å². The number of hydrogen-bond donors (Lipinski definition) is 1. The number of hydrogen-bond acceptors (Lipinski definition) is 3. The fourth-order valence-corrected chi connectivity index (χ4v) is 3.23. The summed E-state index contributed by atoms with van der Waals surface area (Å²) in [7, 11) is 0. The first-order chi connectivity index (χ1) is 8.34. The zero-order chi connectivity index (χ0) is 11.9. The summed E-state index contributed by atoms with van der Waals surface area (Å²) in [6, 6.07) is 2.02. The third-order valence-corrected chi connectivity index (χ3v) is 4.39. The molecule has 1 aliphatic rings. The summed E-state index contributed by atoms with van der Waals surface area (Å²) in [6.07, 6.45) is 7.08. The Hall–Kier alpha value is -0.0900. The molecule has 2 rings (SSSR count). The molecule has 0 saturated heterocycles. The van der Waals surface area contributed by atoms with Crippen molar-refractivity contribution in [2.24, 2.45) is 0 Å². The van der Waals surface area contributed by atoms with E-state index in [9.17, 15) is 0 Å². The zero-order valence-corrected chi connectivity index (χ0v) is 11.7. The molecule has 4 heteroatoms. The first-order valence-electron chi connectivity index (χ1n) is 6.40. The van der Waals surface area contributed by atoms with Crippen molar-refractivity contribution in [1.29, 1.82) is 0 Å². The van der Waals surface area contributed by atoms with Crippen LogP contribution in [0, 0.1) is 0 Å². The Balaban J connectivity index is 1.51. The molecule has 2 nitrogen and oxygen atoms in total. The summed E-state index contributed by atoms with van der Waals surface area (Å²) in [6.45, 7) is 2.64. The number of halogens is 1. The van der Waals surface area contributed by atoms with Gasteiger partial charge in [-0.25, -0.2) is 0 Å². The van der Waals surface area contributed by atoms with Crippen molar-refractivity contribution in [3.05, 3.63) is 21.3 Å². The molecule has 0 aliphatic heterocycles. The maximum Gasteiger partial charge on any atom is 0.0594 e. The molecule has 1 aromatic heterocycles. The molecule has 1 aliphatic carbocycles. The van der Waals surface area contributed by atoms with E-state index in [1.165, 1.54) is 37.0 Å². The Morgan fingerprint density at radius 1 is 1.35 bits per heavy atom. The third kappa shape index (κ3) is 4.96. The summed E-state index contributed by atoms with van der Waals surface area (Å²) in [5.41, 5.74) is 0. The zero-order valence-electron chi connectivity index (χ0n) is 10.1. The number of thiophene rings is 1. The van der Waals surface area contributed by atoms with Crippen molar-refractivity contribution in [2.45, 2.75) is 44.8 Å². The van der Waals surface area contributed by atoms with Crippen molar-refractivity contribution >= 4 is 22.9 Å². The van der Waals surface area contributed by atoms with Crippen LogP contribution in [-0.2, 0) is 11.3 Å². The molecule has 1 fully saturated rings. The minimum Gasteiger partial charge on any atom is -0.377 e. The average Bonchev–Trinajstić information content (AvgIpc) is 2.76. The van der Waals surface area contributed by atoms with Crippen LogP contribution in [0.3, 0.4) is 0 Å². The van der Waals surface area contributed by atoms with Gasteiger partial charge in [0.15, 0.2) is 0 Å². The number of rotatable bonds is 6. The molecule has 0 amide bonds. The quantitative estimate of drug-likeness (QED) is 0.795. The van der Waals surface area contributed by atoms with Crippen LogP contribution in [0.4, 0.5) is 0 Å². The van der Waals surface area contributed by atoms with Gasteiger partial charge < -0.3 is 10.1 Å². The molecule has 1 saturated carbocycles. The fourth-order valence-electron chi connectivity index (χ4n) is 2.19. The standard InChI is InChI=1S/C13H20ClNOS/c14-11-8-13(17-10-11)9-15-6-7-16-12-4-2-1-3-5-12/h8,10,12,15H,1-7,9H2. The number of nitrogens with one attached hydrogen (secondary N) is 1. The Labute approximate surface area is 112 Å². The van der Waals surface area contributed by atoms with Crippen molar-refractivity contribution in [3.63, 3.8) is 0 Å². The summed E-state index contributed by atoms with van der Waals surface area (Å²) in [5, 5.41) is 6.19. The Bertz CT molecular complexity index is 323. The monoisotopic (exact) mass is 273 g/mol. The van der Waals surface area contributed by atoms with Crippen molar-refractivity contribution < 1.29 is 4.74 Å². The molecule has 0 unspecified atom stereocenters. The van der Waals surface area contributed by atoms with Crippen molar-refractivity contribution in [1.82, 2.24) is 5.32 Å². The van der Waals surface area contributed by atoms with Crippen LogP contribution in [0.25, 0.3) is 0 Å². The van der Waals surface area contributed by atoms with Crippen LogP contribution in [0.2, 0.25) is 5.02 Å². The van der Waals surface area contributed by atoms with Gasteiger partial charge in [-0.3, -0.25) is 0 Å². The minimum absolute atomic E-state index is 0.515. The molecular formula is C13H20ClNOS. The highest BCUT2D eigenvalue weighted by molar-refractivity contribution is 7.10. The molecule has 1 aromatic rings. The van der Waals surface area contributed by atoms with E-state index in [0.29, 0.717) is 6.10 Å². The van der Waals surface area contributed by atoms with Crippen LogP contribution >= 0.6 is 22.9 Å². The van der Waals surface area contributed by atoms with E-state index >= 15 is 0 Å². The van der Waals surface area contributed by atoms with E-state index in [-0.39, 0.29) is 0 Å². The smallest absolute Gasteiger partial charge is 0.0594 e. The van der Waals surface area contributed by atoms with Gasteiger partial charge >= 0.3 is 0 Å². The largest absolute Gasteiger partial charge is 0.377 e. The average molecular weight is 274 g/mol. The SMILES string of the molecule is Clc1csc(CNCCOC2CCCCC2)c1. The van der Waals surface area contributed by atoms with Crippen molar-refractivity contribution in [2.75, 3.05) is 13.2 Å². The van der Waals surface area contributed by atoms with Crippen LogP contribution < -0.4 is 5.32 Å². The van der Waals surface area contributed by atoms with E-state index in [1.54, 1.807) is 11.3 Å². The van der Waals surface area contributed by atoms with Crippen LogP contribution in [0.1, 0.15) is 37.0 Å². The van der Waals surface area contributed by atoms with Crippen LogP contribution in [-0.4, -0.2) is 19.3 Å². The summed E-state index contributed by atoms with van der Waals surface area (Å²) in [4.78, 5) is 1.28. The first kappa shape index (κ1) is 13.3. The highest BCUT2D eigenvalue weighted by Crippen LogP contribution is 2.20. The van der Waals surface area contributed by atoms with E-state index in [0.717, 1.165) is 24.7 Å². The Morgan fingerprint density at radius 3 is 2.88 bits per heavy atom. The van der Waals surface area contributed by atoms with Gasteiger partial charge in [0.05, 0.1) is 17.7 Å². The fraction of sp³-hybridized carbons (Fsp3) is 0.692. The van der Waals surface area contributed by atoms with E-state index in [2.05, 4.69) is 5.32 Å². The topological polar surface area (TPSA) is 21.3 Å². The molecule has 1 N–H and O–H groups in total. The lowest BCUT2D eigenvalue weighted by Gasteiger charge is -2.21. The third-order valence-electron chi connectivity index (χ3n) is 3.11. The predicted octanol–water partition coefficient (Wildman–Crippen LogP) is 3.84. The summed E-state index contributed by atoms with van der Waals surface area (Å²) < 4.78 is 5.84. The van der Waals surface area contributed by atoms with E-state index in [1.807, 2.05) is 11.4 Å². The lowest BCUT2D eigenvalue weighted by molar-refractivity contribution is 0.0302. The molecule has 0 bridgehead atoms. The second-order valence-corrected chi connectivity index (χ2v) is 5.97. The van der Waals surface area contributed by atoms with Crippen LogP contribution in [0.5, 0.6) is 0 Å². The molecule has 1 heterocycles. The summed E-state index contributed by atoms with van der Waals surface area (Å²) in [5.74, 6) is 0. The highest BCUT2D eigenvalue weighted by Gasteiger charge is 2.12. The second-order valence-electron chi connectivity index (χ2n) is 4.54. The molecule has 0 radical (unpaired) electrons. The lowest BCUT2D eigenvalue weighted by atomic mass is 9.98. The Kier molecular flexibility index (Phi) is 5.78. The van der Waals surface area contributed by atoms with Gasteiger partial charge in [-0.2, -0.15) is 0 Å². The predicted molar refractivity (Wildman–Crippen MR) is 73.9 cm³/mol. The minimum atomic E-state index is 0.515. The van der Waals surface area contributed by atoms with Crippen molar-refractivity contribution in [3.8, 4) is 0 Å². The van der Waals surface area contributed by atoms with E-state index < -0.39 is 0 Å². The lowest BCUT2D eigenvalue weighted by Crippen LogP contribution is -2.24. The highest BCUT2D eigenvalue weighted by atomic mass is 35.5. The summed E-state index contributed by atoms with van der Waals surface area (Å²) >= 11 is 7.56. The van der Waals surface area contributed by atoms with Gasteiger partial charge in [0, 0.05) is 23.3 Å². The maximum absolute atomic E-state index is 5.86. The normalized spacial score (nSPS) is 17.5. The van der Waals surface area contributed by atoms with Crippen LogP contribution in [0.15, 0.2) is 11.4 Å². The van der Waals surface area contributed by atoms with Gasteiger partial charge in [-0.15, -0.1) is 11.3 Å². The van der Waals surface area contributed by atoms with Gasteiger partial charge in [-0.05, 0) is 18.9 Å². The van der Waals surface area contributed by atoms with Gasteiger partial charge in [0.25, 0.3) is 0 Å². The second kappa shape index (κ2) is 7.37. The molecule has 0 spiro atoms. The molecule has 0 atom stereocenters. The molecular weight excluding hydrogens is 254 g/mol. The van der Waals surface area contributed by atoms with E-state index in [4.69, 9.17) is 16.3 Å². The first-order valence-corrected chi connectivity index (χ1v) is 7.65. The number of ether oxygens (including phenoxy) is 1. The van der Waals surface area contributed by atoms with Gasteiger partial charge in [0.1, 0.15) is 0 Å². The molecule has 0 aromatic carbocycles. The molecule has 96 valence electrons.